The summed E-state index contributed by atoms with van der Waals surface area (Å²) in [4.78, 5) is 12.5. The molecule has 0 aliphatic carbocycles. The van der Waals surface area contributed by atoms with Crippen LogP contribution in [0.2, 0.25) is 5.02 Å². The van der Waals surface area contributed by atoms with Crippen LogP contribution in [0.3, 0.4) is 0 Å². The van der Waals surface area contributed by atoms with Crippen molar-refractivity contribution in [3.63, 3.8) is 0 Å². The van der Waals surface area contributed by atoms with Crippen molar-refractivity contribution in [2.24, 2.45) is 5.92 Å². The van der Waals surface area contributed by atoms with Crippen LogP contribution in [0.25, 0.3) is 0 Å². The number of hydrogen-bond donors (Lipinski definition) is 1. The Labute approximate surface area is 174 Å². The maximum Gasteiger partial charge on any atom is 0.252 e. The summed E-state index contributed by atoms with van der Waals surface area (Å²) in [5.74, 6) is -0.468. The third kappa shape index (κ3) is 4.52. The molecule has 27 heavy (non-hydrogen) atoms. The molecule has 0 atom stereocenters. The van der Waals surface area contributed by atoms with Gasteiger partial charge in [-0.3, -0.25) is 4.79 Å². The predicted molar refractivity (Wildman–Crippen MR) is 108 cm³/mol. The number of benzene rings is 1. The number of carbonyl (C=O) groups is 1. The first-order valence-electron chi connectivity index (χ1n) is 8.07. The molecule has 3 rings (SSSR count). The average molecular weight is 489 g/mol. The van der Waals surface area contributed by atoms with E-state index in [0.717, 1.165) is 3.79 Å². The van der Waals surface area contributed by atoms with Gasteiger partial charge in [0.05, 0.1) is 14.4 Å². The first kappa shape index (κ1) is 20.3. The van der Waals surface area contributed by atoms with Crippen molar-refractivity contribution < 1.29 is 13.2 Å². The van der Waals surface area contributed by atoms with Gasteiger partial charge in [-0.15, -0.1) is 11.3 Å². The summed E-state index contributed by atoms with van der Waals surface area (Å²) >= 11 is 10.3. The van der Waals surface area contributed by atoms with Crippen LogP contribution in [0.5, 0.6) is 0 Å². The Morgan fingerprint density at radius 1 is 1.30 bits per heavy atom. The van der Waals surface area contributed by atoms with Crippen molar-refractivity contribution in [3.8, 4) is 6.07 Å². The fourth-order valence-corrected chi connectivity index (χ4v) is 6.65. The fraction of sp³-hybridized carbons (Fsp3) is 0.294. The number of amides is 1. The zero-order chi connectivity index (χ0) is 19.6. The Morgan fingerprint density at radius 2 is 2.00 bits per heavy atom. The molecular weight excluding hydrogens is 474 g/mol. The van der Waals surface area contributed by atoms with E-state index in [1.807, 2.05) is 6.07 Å². The second kappa shape index (κ2) is 8.29. The quantitative estimate of drug-likeness (QED) is 0.702. The molecule has 1 amide bonds. The van der Waals surface area contributed by atoms with E-state index in [4.69, 9.17) is 16.9 Å². The van der Waals surface area contributed by atoms with Crippen molar-refractivity contribution in [2.75, 3.05) is 18.4 Å². The number of carbonyl (C=O) groups excluding carboxylic acids is 1. The molecule has 0 unspecified atom stereocenters. The van der Waals surface area contributed by atoms with Gasteiger partial charge in [-0.2, -0.15) is 9.57 Å². The van der Waals surface area contributed by atoms with Crippen LogP contribution in [0.4, 0.5) is 5.69 Å². The van der Waals surface area contributed by atoms with Gasteiger partial charge in [0.1, 0.15) is 10.3 Å². The number of sulfonamides is 1. The molecule has 10 heteroatoms. The lowest BCUT2D eigenvalue weighted by atomic mass is 9.97. The molecule has 1 saturated heterocycles. The van der Waals surface area contributed by atoms with Crippen LogP contribution in [-0.4, -0.2) is 31.7 Å². The van der Waals surface area contributed by atoms with Crippen LogP contribution in [0.15, 0.2) is 38.3 Å². The van der Waals surface area contributed by atoms with E-state index in [-0.39, 0.29) is 17.4 Å². The molecule has 142 valence electrons. The van der Waals surface area contributed by atoms with Crippen LogP contribution in [-0.2, 0) is 14.8 Å². The minimum atomic E-state index is -3.52. The minimum absolute atomic E-state index is 0.183. The highest BCUT2D eigenvalue weighted by atomic mass is 79.9. The topological polar surface area (TPSA) is 90.3 Å². The van der Waals surface area contributed by atoms with Crippen LogP contribution in [0, 0.1) is 17.2 Å². The number of nitriles is 1. The monoisotopic (exact) mass is 487 g/mol. The zero-order valence-electron chi connectivity index (χ0n) is 14.0. The highest BCUT2D eigenvalue weighted by Gasteiger charge is 2.32. The lowest BCUT2D eigenvalue weighted by Gasteiger charge is -2.30. The normalized spacial score (nSPS) is 16.0. The van der Waals surface area contributed by atoms with E-state index in [0.29, 0.717) is 40.9 Å². The Bertz CT molecular complexity index is 1010. The van der Waals surface area contributed by atoms with E-state index in [9.17, 15) is 13.2 Å². The molecule has 1 aromatic carbocycles. The van der Waals surface area contributed by atoms with E-state index < -0.39 is 10.0 Å². The summed E-state index contributed by atoms with van der Waals surface area (Å²) in [5, 5.41) is 12.1. The van der Waals surface area contributed by atoms with E-state index in [1.54, 1.807) is 24.3 Å². The Hall–Kier alpha value is -1.44. The molecule has 0 bridgehead atoms. The number of halogens is 2. The summed E-state index contributed by atoms with van der Waals surface area (Å²) in [6.45, 7) is 0.583. The van der Waals surface area contributed by atoms with Crippen LogP contribution in [0.1, 0.15) is 18.4 Å². The number of anilines is 1. The maximum absolute atomic E-state index is 12.6. The lowest BCUT2D eigenvalue weighted by molar-refractivity contribution is -0.120. The summed E-state index contributed by atoms with van der Waals surface area (Å²) in [5.41, 5.74) is 0.789. The van der Waals surface area contributed by atoms with E-state index in [1.165, 1.54) is 21.7 Å². The highest BCUT2D eigenvalue weighted by molar-refractivity contribution is 9.11. The lowest BCUT2D eigenvalue weighted by Crippen LogP contribution is -2.41. The van der Waals surface area contributed by atoms with Crippen molar-refractivity contribution >= 4 is 60.5 Å². The number of hydrogen-bond acceptors (Lipinski definition) is 5. The van der Waals surface area contributed by atoms with E-state index in [2.05, 4.69) is 21.2 Å². The third-order valence-electron chi connectivity index (χ3n) is 4.32. The third-order valence-corrected chi connectivity index (χ3v) is 8.64. The molecule has 1 aliphatic heterocycles. The van der Waals surface area contributed by atoms with Gasteiger partial charge in [-0.25, -0.2) is 8.42 Å². The number of thiophene rings is 1. The second-order valence-electron chi connectivity index (χ2n) is 6.03. The van der Waals surface area contributed by atoms with E-state index >= 15 is 0 Å². The number of piperidine rings is 1. The van der Waals surface area contributed by atoms with Gasteiger partial charge in [0, 0.05) is 24.7 Å². The Morgan fingerprint density at radius 3 is 2.59 bits per heavy atom. The molecule has 1 N–H and O–H groups in total. The summed E-state index contributed by atoms with van der Waals surface area (Å²) in [6, 6.07) is 9.97. The zero-order valence-corrected chi connectivity index (χ0v) is 18.0. The summed E-state index contributed by atoms with van der Waals surface area (Å²) < 4.78 is 27.8. The molecule has 0 saturated carbocycles. The molecule has 1 fully saturated rings. The van der Waals surface area contributed by atoms with Gasteiger partial charge in [-0.1, -0.05) is 11.6 Å². The van der Waals surface area contributed by atoms with Gasteiger partial charge < -0.3 is 5.32 Å². The van der Waals surface area contributed by atoms with Crippen molar-refractivity contribution in [1.29, 1.82) is 5.26 Å². The SMILES string of the molecule is N#Cc1cc(NC(=O)C2CCN(S(=O)(=O)c3ccc(Br)s3)CC2)ccc1Cl. The van der Waals surface area contributed by atoms with Crippen molar-refractivity contribution in [1.82, 2.24) is 4.31 Å². The fourth-order valence-electron chi connectivity index (χ4n) is 2.85. The second-order valence-corrected chi connectivity index (χ2v) is 11.1. The van der Waals surface area contributed by atoms with Gasteiger partial charge in [0.2, 0.25) is 5.91 Å². The number of rotatable bonds is 4. The first-order valence-corrected chi connectivity index (χ1v) is 11.5. The molecule has 2 aromatic rings. The van der Waals surface area contributed by atoms with Crippen molar-refractivity contribution in [2.45, 2.75) is 17.1 Å². The predicted octanol–water partition coefficient (Wildman–Crippen LogP) is 4.08. The minimum Gasteiger partial charge on any atom is -0.326 e. The highest BCUT2D eigenvalue weighted by Crippen LogP contribution is 2.31. The number of nitrogens with zero attached hydrogens (tertiary/aromatic N) is 2. The van der Waals surface area contributed by atoms with Gasteiger partial charge in [-0.05, 0) is 59.1 Å². The summed E-state index contributed by atoms with van der Waals surface area (Å²) in [7, 11) is -3.52. The summed E-state index contributed by atoms with van der Waals surface area (Å²) in [6.07, 6.45) is 0.882. The molecule has 6 nitrogen and oxygen atoms in total. The number of nitrogens with one attached hydrogen (secondary N) is 1. The smallest absolute Gasteiger partial charge is 0.252 e. The Balaban J connectivity index is 1.62. The molecule has 1 aromatic heterocycles. The molecule has 0 spiro atoms. The molecule has 1 aliphatic rings. The average Bonchev–Trinajstić information content (AvgIpc) is 3.10. The largest absolute Gasteiger partial charge is 0.326 e. The van der Waals surface area contributed by atoms with Crippen molar-refractivity contribution in [3.05, 3.63) is 44.7 Å². The maximum atomic E-state index is 12.6. The Kier molecular flexibility index (Phi) is 6.23. The van der Waals surface area contributed by atoms with Gasteiger partial charge in [0.15, 0.2) is 0 Å². The molecule has 0 radical (unpaired) electrons. The van der Waals surface area contributed by atoms with Gasteiger partial charge in [0.25, 0.3) is 10.0 Å². The van der Waals surface area contributed by atoms with Crippen LogP contribution >= 0.6 is 38.9 Å². The van der Waals surface area contributed by atoms with Crippen LogP contribution < -0.4 is 5.32 Å². The molecule has 2 heterocycles. The van der Waals surface area contributed by atoms with Gasteiger partial charge >= 0.3 is 0 Å². The first-order chi connectivity index (χ1) is 12.8. The molecular formula is C17H15BrClN3O3S2. The standard InChI is InChI=1S/C17H15BrClN3O3S2/c18-15-3-4-16(26-15)27(24,25)22-7-5-11(6-8-22)17(23)21-13-1-2-14(19)12(9-13)10-20/h1-4,9,11H,5-8H2,(H,21,23).